The predicted molar refractivity (Wildman–Crippen MR) is 108 cm³/mol. The van der Waals surface area contributed by atoms with Gasteiger partial charge in [0.1, 0.15) is 0 Å². The lowest BCUT2D eigenvalue weighted by molar-refractivity contribution is -0.116. The van der Waals surface area contributed by atoms with Crippen LogP contribution in [0.5, 0.6) is 0 Å². The normalized spacial score (nSPS) is 11.8. The van der Waals surface area contributed by atoms with E-state index in [1.54, 1.807) is 0 Å². The molecule has 0 bridgehead atoms. The van der Waals surface area contributed by atoms with Crippen molar-refractivity contribution < 1.29 is 4.79 Å². The number of carbonyl (C=O) groups excluding carboxylic acids is 1. The molecule has 1 aromatic carbocycles. The zero-order valence-electron chi connectivity index (χ0n) is 14.6. The van der Waals surface area contributed by atoms with Crippen molar-refractivity contribution in [2.24, 2.45) is 16.6 Å². The lowest BCUT2D eigenvalue weighted by Crippen LogP contribution is -2.44. The molecule has 0 radical (unpaired) electrons. The summed E-state index contributed by atoms with van der Waals surface area (Å²) in [6.45, 7) is 10.6. The summed E-state index contributed by atoms with van der Waals surface area (Å²) >= 11 is 0. The van der Waals surface area contributed by atoms with E-state index in [1.165, 1.54) is 0 Å². The van der Waals surface area contributed by atoms with Gasteiger partial charge in [0, 0.05) is 17.6 Å². The number of hydrogen-bond acceptors (Lipinski definition) is 2. The van der Waals surface area contributed by atoms with Crippen LogP contribution in [-0.2, 0) is 11.3 Å². The molecule has 1 aromatic rings. The molecular formula is C17H29IN4O. The number of aliphatic imine (C=N–C) groups is 1. The number of nitrogens with two attached hydrogens (primary N) is 1. The second-order valence-electron chi connectivity index (χ2n) is 6.92. The van der Waals surface area contributed by atoms with Crippen LogP contribution in [0.2, 0.25) is 0 Å². The number of rotatable bonds is 5. The minimum atomic E-state index is -0.111. The molecule has 0 aliphatic carbocycles. The van der Waals surface area contributed by atoms with Gasteiger partial charge in [-0.25, -0.2) is 4.99 Å². The second kappa shape index (κ2) is 9.75. The number of nitrogens with one attached hydrogen (secondary N) is 2. The number of carbonyl (C=O) groups is 1. The summed E-state index contributed by atoms with van der Waals surface area (Å²) in [6.07, 6.45) is 0.519. The second-order valence-corrected chi connectivity index (χ2v) is 6.92. The molecule has 0 spiro atoms. The molecule has 0 unspecified atom stereocenters. The van der Waals surface area contributed by atoms with Crippen LogP contribution >= 0.6 is 24.0 Å². The maximum Gasteiger partial charge on any atom is 0.224 e. The van der Waals surface area contributed by atoms with Gasteiger partial charge in [0.05, 0.1) is 6.54 Å². The van der Waals surface area contributed by atoms with Gasteiger partial charge in [-0.2, -0.15) is 0 Å². The third kappa shape index (κ3) is 10.1. The van der Waals surface area contributed by atoms with Crippen molar-refractivity contribution in [2.45, 2.75) is 53.1 Å². The first kappa shape index (κ1) is 21.7. The van der Waals surface area contributed by atoms with E-state index in [4.69, 9.17) is 5.73 Å². The van der Waals surface area contributed by atoms with Gasteiger partial charge in [-0.1, -0.05) is 26.0 Å². The van der Waals surface area contributed by atoms with E-state index in [-0.39, 0.29) is 35.4 Å². The van der Waals surface area contributed by atoms with Gasteiger partial charge in [-0.15, -0.1) is 24.0 Å². The van der Waals surface area contributed by atoms with E-state index in [2.05, 4.69) is 15.6 Å². The molecular weight excluding hydrogens is 403 g/mol. The monoisotopic (exact) mass is 432 g/mol. The lowest BCUT2D eigenvalue weighted by Gasteiger charge is -2.21. The number of benzene rings is 1. The summed E-state index contributed by atoms with van der Waals surface area (Å²) in [7, 11) is 0. The fraction of sp³-hybridized carbons (Fsp3) is 0.529. The molecule has 5 nitrogen and oxygen atoms in total. The number of anilines is 1. The molecule has 0 atom stereocenters. The number of hydrogen-bond donors (Lipinski definition) is 3. The van der Waals surface area contributed by atoms with Gasteiger partial charge in [0.25, 0.3) is 0 Å². The van der Waals surface area contributed by atoms with E-state index in [0.717, 1.165) is 11.3 Å². The molecule has 0 aliphatic rings. The maximum absolute atomic E-state index is 11.8. The molecule has 0 saturated carbocycles. The van der Waals surface area contributed by atoms with Crippen molar-refractivity contribution in [3.05, 3.63) is 29.8 Å². The average molecular weight is 432 g/mol. The maximum atomic E-state index is 11.8. The average Bonchev–Trinajstić information content (AvgIpc) is 2.33. The van der Waals surface area contributed by atoms with Crippen molar-refractivity contribution in [3.63, 3.8) is 0 Å². The van der Waals surface area contributed by atoms with Crippen molar-refractivity contribution in [2.75, 3.05) is 5.32 Å². The van der Waals surface area contributed by atoms with Gasteiger partial charge in [-0.3, -0.25) is 4.79 Å². The first-order valence-electron chi connectivity index (χ1n) is 7.62. The third-order valence-electron chi connectivity index (χ3n) is 2.74. The Hall–Kier alpha value is -1.31. The highest BCUT2D eigenvalue weighted by Gasteiger charge is 2.09. The zero-order valence-corrected chi connectivity index (χ0v) is 17.0. The first-order chi connectivity index (χ1) is 10.2. The Kier molecular flexibility index (Phi) is 9.19. The van der Waals surface area contributed by atoms with Crippen LogP contribution in [0.4, 0.5) is 5.69 Å². The quantitative estimate of drug-likeness (QED) is 0.379. The van der Waals surface area contributed by atoms with Crippen molar-refractivity contribution in [1.82, 2.24) is 5.32 Å². The summed E-state index contributed by atoms with van der Waals surface area (Å²) in [6, 6.07) is 7.67. The lowest BCUT2D eigenvalue weighted by atomic mass is 10.1. The standard InChI is InChI=1S/C17H28N4O.HI/c1-12(2)9-15(22)20-14-8-6-7-13(10-14)11-19-16(18)21-17(3,4)5;/h6-8,10,12H,9,11H2,1-5H3,(H,20,22)(H3,18,19,21);1H. The van der Waals surface area contributed by atoms with Crippen molar-refractivity contribution in [3.8, 4) is 0 Å². The van der Waals surface area contributed by atoms with Crippen molar-refractivity contribution >= 4 is 41.5 Å². The van der Waals surface area contributed by atoms with E-state index in [1.807, 2.05) is 58.9 Å². The van der Waals surface area contributed by atoms with E-state index in [9.17, 15) is 4.79 Å². The molecule has 4 N–H and O–H groups in total. The molecule has 23 heavy (non-hydrogen) atoms. The highest BCUT2D eigenvalue weighted by Crippen LogP contribution is 2.13. The summed E-state index contributed by atoms with van der Waals surface area (Å²) in [5.41, 5.74) is 7.53. The Bertz CT molecular complexity index is 536. The number of halogens is 1. The first-order valence-corrected chi connectivity index (χ1v) is 7.62. The summed E-state index contributed by atoms with van der Waals surface area (Å²) < 4.78 is 0. The van der Waals surface area contributed by atoms with Crippen LogP contribution in [-0.4, -0.2) is 17.4 Å². The molecule has 0 saturated heterocycles. The van der Waals surface area contributed by atoms with Gasteiger partial charge < -0.3 is 16.4 Å². The highest BCUT2D eigenvalue weighted by molar-refractivity contribution is 14.0. The minimum absolute atomic E-state index is 0. The van der Waals surface area contributed by atoms with Crippen LogP contribution in [0, 0.1) is 5.92 Å². The molecule has 0 fully saturated rings. The van der Waals surface area contributed by atoms with Crippen LogP contribution in [0.15, 0.2) is 29.3 Å². The summed E-state index contributed by atoms with van der Waals surface area (Å²) in [4.78, 5) is 16.1. The molecule has 6 heteroatoms. The van der Waals surface area contributed by atoms with Gasteiger partial charge >= 0.3 is 0 Å². The SMILES string of the molecule is CC(C)CC(=O)Nc1cccc(CN=C(N)NC(C)(C)C)c1.I. The molecule has 0 aliphatic heterocycles. The Morgan fingerprint density at radius 3 is 2.52 bits per heavy atom. The summed E-state index contributed by atoms with van der Waals surface area (Å²) in [5.74, 6) is 0.794. The number of amides is 1. The van der Waals surface area contributed by atoms with Gasteiger partial charge in [0.2, 0.25) is 5.91 Å². The van der Waals surface area contributed by atoms with E-state index >= 15 is 0 Å². The Labute approximate surface area is 156 Å². The van der Waals surface area contributed by atoms with Crippen molar-refractivity contribution in [1.29, 1.82) is 0 Å². The Balaban J connectivity index is 0.00000484. The minimum Gasteiger partial charge on any atom is -0.370 e. The van der Waals surface area contributed by atoms with Crippen LogP contribution in [0.25, 0.3) is 0 Å². The fourth-order valence-electron chi connectivity index (χ4n) is 1.93. The van der Waals surface area contributed by atoms with E-state index in [0.29, 0.717) is 24.8 Å². The number of guanidine groups is 1. The summed E-state index contributed by atoms with van der Waals surface area (Å²) in [5, 5.41) is 6.02. The van der Waals surface area contributed by atoms with Crippen LogP contribution in [0.1, 0.15) is 46.6 Å². The molecule has 0 aromatic heterocycles. The molecule has 130 valence electrons. The Morgan fingerprint density at radius 2 is 1.96 bits per heavy atom. The van der Waals surface area contributed by atoms with E-state index < -0.39 is 0 Å². The number of nitrogens with zero attached hydrogens (tertiary/aromatic N) is 1. The van der Waals surface area contributed by atoms with Gasteiger partial charge in [0.15, 0.2) is 5.96 Å². The zero-order chi connectivity index (χ0) is 16.8. The van der Waals surface area contributed by atoms with Crippen LogP contribution < -0.4 is 16.4 Å². The largest absolute Gasteiger partial charge is 0.370 e. The van der Waals surface area contributed by atoms with Gasteiger partial charge in [-0.05, 0) is 44.4 Å². The molecule has 1 amide bonds. The Morgan fingerprint density at radius 1 is 1.30 bits per heavy atom. The molecule has 0 heterocycles. The predicted octanol–water partition coefficient (Wildman–Crippen LogP) is 3.49. The topological polar surface area (TPSA) is 79.5 Å². The molecule has 1 rings (SSSR count). The highest BCUT2D eigenvalue weighted by atomic mass is 127. The fourth-order valence-corrected chi connectivity index (χ4v) is 1.93. The third-order valence-corrected chi connectivity index (χ3v) is 2.74. The van der Waals surface area contributed by atoms with Crippen LogP contribution in [0.3, 0.4) is 0 Å². The smallest absolute Gasteiger partial charge is 0.224 e.